The summed E-state index contributed by atoms with van der Waals surface area (Å²) in [5.74, 6) is 1.54. The van der Waals surface area contributed by atoms with Crippen LogP contribution >= 0.6 is 12.4 Å². The van der Waals surface area contributed by atoms with Gasteiger partial charge < -0.3 is 14.5 Å². The third-order valence-corrected chi connectivity index (χ3v) is 4.24. The Morgan fingerprint density at radius 2 is 1.57 bits per heavy atom. The predicted octanol–water partition coefficient (Wildman–Crippen LogP) is 4.27. The third-order valence-electron chi connectivity index (χ3n) is 4.24. The highest BCUT2D eigenvalue weighted by Crippen LogP contribution is 2.33. The fraction of sp³-hybridized carbons (Fsp3) is 0.556. The first kappa shape index (κ1) is 19.7. The molecule has 2 aromatic rings. The van der Waals surface area contributed by atoms with E-state index in [2.05, 4.69) is 49.8 Å². The minimum absolute atomic E-state index is 0. The smallest absolute Gasteiger partial charge is 0.162 e. The summed E-state index contributed by atoms with van der Waals surface area (Å²) in [5.41, 5.74) is 2.41. The molecule has 1 aromatic carbocycles. The highest BCUT2D eigenvalue weighted by Gasteiger charge is 2.15. The number of aromatic amines is 1. The van der Waals surface area contributed by atoms with Crippen molar-refractivity contribution in [2.75, 3.05) is 20.8 Å². The number of methoxy groups -OCH3 is 2. The van der Waals surface area contributed by atoms with Crippen molar-refractivity contribution in [1.82, 2.24) is 9.88 Å². The molecule has 23 heavy (non-hydrogen) atoms. The van der Waals surface area contributed by atoms with E-state index in [0.29, 0.717) is 12.1 Å². The summed E-state index contributed by atoms with van der Waals surface area (Å²) in [6, 6.07) is 5.18. The van der Waals surface area contributed by atoms with Gasteiger partial charge in [0.1, 0.15) is 0 Å². The van der Waals surface area contributed by atoms with E-state index < -0.39 is 0 Å². The Labute approximate surface area is 145 Å². The van der Waals surface area contributed by atoms with Crippen LogP contribution < -0.4 is 9.47 Å². The summed E-state index contributed by atoms with van der Waals surface area (Å²) < 4.78 is 10.8. The molecule has 1 aromatic heterocycles. The second-order valence-corrected chi connectivity index (χ2v) is 6.24. The maximum atomic E-state index is 5.42. The lowest BCUT2D eigenvalue weighted by Gasteiger charge is -2.30. The minimum Gasteiger partial charge on any atom is -0.493 e. The van der Waals surface area contributed by atoms with Crippen molar-refractivity contribution in [3.63, 3.8) is 0 Å². The molecule has 0 radical (unpaired) electrons. The van der Waals surface area contributed by atoms with Gasteiger partial charge in [0.05, 0.1) is 14.2 Å². The molecule has 1 heterocycles. The number of ether oxygens (including phenoxy) is 2. The normalized spacial score (nSPS) is 11.3. The van der Waals surface area contributed by atoms with Gasteiger partial charge >= 0.3 is 0 Å². The van der Waals surface area contributed by atoms with E-state index in [1.807, 2.05) is 6.07 Å². The first-order valence-electron chi connectivity index (χ1n) is 7.95. The molecule has 0 saturated carbocycles. The molecule has 1 N–H and O–H groups in total. The molecule has 2 rings (SSSR count). The van der Waals surface area contributed by atoms with Crippen LogP contribution in [0.3, 0.4) is 0 Å². The standard InChI is InChI=1S/C18H28N2O2.ClH/c1-12(2)20(13(3)4)8-7-14-11-19-16-10-18(22-6)17(21-5)9-15(14)16;/h9-13,19H,7-8H2,1-6H3;1H. The first-order valence-corrected chi connectivity index (χ1v) is 7.95. The number of benzene rings is 1. The van der Waals surface area contributed by atoms with Gasteiger partial charge in [0.25, 0.3) is 0 Å². The first-order chi connectivity index (χ1) is 10.5. The van der Waals surface area contributed by atoms with Crippen molar-refractivity contribution in [2.24, 2.45) is 0 Å². The summed E-state index contributed by atoms with van der Waals surface area (Å²) in [6.07, 6.45) is 3.12. The van der Waals surface area contributed by atoms with Crippen molar-refractivity contribution in [2.45, 2.75) is 46.2 Å². The van der Waals surface area contributed by atoms with Crippen LogP contribution in [0.4, 0.5) is 0 Å². The Morgan fingerprint density at radius 1 is 1.00 bits per heavy atom. The van der Waals surface area contributed by atoms with E-state index in [9.17, 15) is 0 Å². The van der Waals surface area contributed by atoms with Gasteiger partial charge in [-0.3, -0.25) is 4.90 Å². The van der Waals surface area contributed by atoms with Gasteiger partial charge in [-0.05, 0) is 45.7 Å². The van der Waals surface area contributed by atoms with Gasteiger partial charge in [-0.25, -0.2) is 0 Å². The number of rotatable bonds is 7. The number of aromatic nitrogens is 1. The quantitative estimate of drug-likeness (QED) is 0.818. The minimum atomic E-state index is 0. The SMILES string of the molecule is COc1cc2[nH]cc(CCN(C(C)C)C(C)C)c2cc1OC.Cl. The van der Waals surface area contributed by atoms with Gasteiger partial charge in [-0.2, -0.15) is 0 Å². The third kappa shape index (κ3) is 4.33. The van der Waals surface area contributed by atoms with Gasteiger partial charge in [0, 0.05) is 41.8 Å². The monoisotopic (exact) mass is 340 g/mol. The maximum absolute atomic E-state index is 5.42. The van der Waals surface area contributed by atoms with Crippen molar-refractivity contribution < 1.29 is 9.47 Å². The van der Waals surface area contributed by atoms with E-state index in [1.165, 1.54) is 10.9 Å². The molecule has 4 nitrogen and oxygen atoms in total. The van der Waals surface area contributed by atoms with Crippen LogP contribution in [0.25, 0.3) is 10.9 Å². The highest BCUT2D eigenvalue weighted by atomic mass is 35.5. The van der Waals surface area contributed by atoms with Crippen LogP contribution in [0.2, 0.25) is 0 Å². The fourth-order valence-electron chi connectivity index (χ4n) is 3.08. The summed E-state index contributed by atoms with van der Waals surface area (Å²) in [6.45, 7) is 10.1. The Balaban J connectivity index is 0.00000264. The molecule has 0 aliphatic heterocycles. The second-order valence-electron chi connectivity index (χ2n) is 6.24. The lowest BCUT2D eigenvalue weighted by Crippen LogP contribution is -2.38. The number of H-pyrrole nitrogens is 1. The van der Waals surface area contributed by atoms with Crippen molar-refractivity contribution in [1.29, 1.82) is 0 Å². The lowest BCUT2D eigenvalue weighted by atomic mass is 10.1. The summed E-state index contributed by atoms with van der Waals surface area (Å²) >= 11 is 0. The van der Waals surface area contributed by atoms with Crippen molar-refractivity contribution >= 4 is 23.3 Å². The van der Waals surface area contributed by atoms with Gasteiger partial charge in [0.15, 0.2) is 11.5 Å². The number of hydrogen-bond acceptors (Lipinski definition) is 3. The van der Waals surface area contributed by atoms with Crippen molar-refractivity contribution in [3.8, 4) is 11.5 Å². The average Bonchev–Trinajstić information content (AvgIpc) is 2.87. The molecule has 0 fully saturated rings. The van der Waals surface area contributed by atoms with Crippen LogP contribution in [-0.2, 0) is 6.42 Å². The van der Waals surface area contributed by atoms with Crippen LogP contribution in [-0.4, -0.2) is 42.7 Å². The largest absolute Gasteiger partial charge is 0.493 e. The van der Waals surface area contributed by atoms with Crippen molar-refractivity contribution in [3.05, 3.63) is 23.9 Å². The van der Waals surface area contributed by atoms with Gasteiger partial charge in [0.2, 0.25) is 0 Å². The highest BCUT2D eigenvalue weighted by molar-refractivity contribution is 5.86. The summed E-state index contributed by atoms with van der Waals surface area (Å²) in [5, 5.41) is 1.21. The maximum Gasteiger partial charge on any atom is 0.162 e. The number of halogens is 1. The van der Waals surface area contributed by atoms with E-state index in [-0.39, 0.29) is 12.4 Å². The molecule has 0 amide bonds. The molecule has 130 valence electrons. The van der Waals surface area contributed by atoms with E-state index in [4.69, 9.17) is 9.47 Å². The molecular weight excluding hydrogens is 312 g/mol. The molecule has 0 aliphatic carbocycles. The van der Waals surface area contributed by atoms with Crippen LogP contribution in [0.1, 0.15) is 33.3 Å². The van der Waals surface area contributed by atoms with E-state index in [1.54, 1.807) is 14.2 Å². The van der Waals surface area contributed by atoms with E-state index in [0.717, 1.165) is 30.0 Å². The second kappa shape index (κ2) is 8.46. The molecular formula is C18H29ClN2O2. The summed E-state index contributed by atoms with van der Waals surface area (Å²) in [7, 11) is 3.34. The number of fused-ring (bicyclic) bond motifs is 1. The zero-order valence-electron chi connectivity index (χ0n) is 15.0. The topological polar surface area (TPSA) is 37.5 Å². The summed E-state index contributed by atoms with van der Waals surface area (Å²) in [4.78, 5) is 5.86. The molecule has 0 unspecified atom stereocenters. The Kier molecular flexibility index (Phi) is 7.23. The number of nitrogens with zero attached hydrogens (tertiary/aromatic N) is 1. The Hall–Kier alpha value is -1.39. The Bertz CT molecular complexity index is 615. The Morgan fingerprint density at radius 3 is 2.09 bits per heavy atom. The molecule has 0 spiro atoms. The predicted molar refractivity (Wildman–Crippen MR) is 99.3 cm³/mol. The molecule has 0 aliphatic rings. The fourth-order valence-corrected chi connectivity index (χ4v) is 3.08. The molecule has 0 saturated heterocycles. The zero-order valence-corrected chi connectivity index (χ0v) is 15.8. The zero-order chi connectivity index (χ0) is 16.3. The lowest BCUT2D eigenvalue weighted by molar-refractivity contribution is 0.177. The van der Waals surface area contributed by atoms with Crippen LogP contribution in [0.15, 0.2) is 18.3 Å². The molecule has 5 heteroatoms. The van der Waals surface area contributed by atoms with Crippen LogP contribution in [0.5, 0.6) is 11.5 Å². The van der Waals surface area contributed by atoms with Crippen LogP contribution in [0, 0.1) is 0 Å². The van der Waals surface area contributed by atoms with E-state index >= 15 is 0 Å². The van der Waals surface area contributed by atoms with Gasteiger partial charge in [-0.15, -0.1) is 12.4 Å². The number of nitrogens with one attached hydrogen (secondary N) is 1. The number of hydrogen-bond donors (Lipinski definition) is 1. The average molecular weight is 341 g/mol. The molecule has 0 atom stereocenters. The van der Waals surface area contributed by atoms with Gasteiger partial charge in [-0.1, -0.05) is 0 Å². The molecule has 0 bridgehead atoms.